The fourth-order valence-corrected chi connectivity index (χ4v) is 3.96. The molecule has 0 spiro atoms. The van der Waals surface area contributed by atoms with Gasteiger partial charge in [-0.1, -0.05) is 38.3 Å². The highest BCUT2D eigenvalue weighted by Crippen LogP contribution is 2.49. The Morgan fingerprint density at radius 1 is 1.42 bits per heavy atom. The minimum Gasteiger partial charge on any atom is -0.481 e. The van der Waals surface area contributed by atoms with Crippen molar-refractivity contribution in [3.8, 4) is 0 Å². The molecule has 0 aromatic heterocycles. The van der Waals surface area contributed by atoms with E-state index in [4.69, 9.17) is 9.94 Å². The average Bonchev–Trinajstić information content (AvgIpc) is 3.05. The molecule has 6 nitrogen and oxygen atoms in total. The third-order valence-electron chi connectivity index (χ3n) is 5.46. The second-order valence-electron chi connectivity index (χ2n) is 7.54. The van der Waals surface area contributed by atoms with Crippen molar-refractivity contribution < 1.29 is 25.0 Å². The van der Waals surface area contributed by atoms with E-state index in [0.29, 0.717) is 13.0 Å². The molecule has 2 aliphatic rings. The number of fused-ring (bicyclic) bond motifs is 1. The van der Waals surface area contributed by atoms with E-state index in [9.17, 15) is 15.0 Å². The van der Waals surface area contributed by atoms with Crippen LogP contribution in [0.3, 0.4) is 0 Å². The number of rotatable bonds is 12. The highest BCUT2D eigenvalue weighted by atomic mass is 16.6. The van der Waals surface area contributed by atoms with Gasteiger partial charge in [0.15, 0.2) is 0 Å². The van der Waals surface area contributed by atoms with Crippen LogP contribution in [-0.2, 0) is 9.63 Å². The molecule has 0 bridgehead atoms. The number of hydrogen-bond donors (Lipinski definition) is 4. The summed E-state index contributed by atoms with van der Waals surface area (Å²) in [5, 5.41) is 29.7. The van der Waals surface area contributed by atoms with Crippen LogP contribution in [0.15, 0.2) is 23.9 Å². The maximum absolute atomic E-state index is 11.1. The van der Waals surface area contributed by atoms with E-state index in [-0.39, 0.29) is 18.3 Å². The van der Waals surface area contributed by atoms with Crippen molar-refractivity contribution in [1.82, 2.24) is 5.48 Å². The summed E-state index contributed by atoms with van der Waals surface area (Å²) in [6.07, 6.45) is 12.4. The highest BCUT2D eigenvalue weighted by Gasteiger charge is 2.50. The molecule has 6 heteroatoms. The van der Waals surface area contributed by atoms with Crippen molar-refractivity contribution in [3.05, 3.63) is 23.9 Å². The molecule has 0 aliphatic heterocycles. The first-order valence-electron chi connectivity index (χ1n) is 9.85. The highest BCUT2D eigenvalue weighted by molar-refractivity contribution is 5.66. The standard InChI is InChI=1S/C20H33NO5/c1-2-3-4-6-18(22)11-10-15-8-9-16-13-17(14-20(15,16)25)21-26-12-5-7-19(23)24/h10-11,14-16,18,21-22,25H,2-9,12-13H2,1H3,(H,23,24)/t15-,16-,18?,20-/m1/s1. The quantitative estimate of drug-likeness (QED) is 0.240. The monoisotopic (exact) mass is 367 g/mol. The zero-order valence-electron chi connectivity index (χ0n) is 15.7. The lowest BCUT2D eigenvalue weighted by molar-refractivity contribution is -0.137. The molecule has 26 heavy (non-hydrogen) atoms. The van der Waals surface area contributed by atoms with Gasteiger partial charge >= 0.3 is 5.97 Å². The van der Waals surface area contributed by atoms with E-state index in [1.54, 1.807) is 0 Å². The van der Waals surface area contributed by atoms with E-state index in [2.05, 4.69) is 12.4 Å². The summed E-state index contributed by atoms with van der Waals surface area (Å²) < 4.78 is 0. The summed E-state index contributed by atoms with van der Waals surface area (Å²) in [5.41, 5.74) is 2.84. The molecular formula is C20H33NO5. The van der Waals surface area contributed by atoms with Gasteiger partial charge in [-0.25, -0.2) is 0 Å². The first kappa shape index (κ1) is 20.9. The fraction of sp³-hybridized carbons (Fsp3) is 0.750. The molecule has 0 aromatic rings. The smallest absolute Gasteiger partial charge is 0.303 e. The number of carboxylic acid groups (broad SMARTS) is 1. The lowest BCUT2D eigenvalue weighted by Gasteiger charge is -2.26. The molecule has 1 unspecified atom stereocenters. The number of hydrogen-bond acceptors (Lipinski definition) is 5. The second-order valence-corrected chi connectivity index (χ2v) is 7.54. The van der Waals surface area contributed by atoms with Crippen LogP contribution in [0.1, 0.15) is 64.7 Å². The van der Waals surface area contributed by atoms with Gasteiger partial charge in [0, 0.05) is 18.0 Å². The van der Waals surface area contributed by atoms with Crippen LogP contribution in [0.25, 0.3) is 0 Å². The van der Waals surface area contributed by atoms with Crippen LogP contribution in [0.5, 0.6) is 0 Å². The molecule has 0 radical (unpaired) electrons. The third-order valence-corrected chi connectivity index (χ3v) is 5.46. The zero-order valence-corrected chi connectivity index (χ0v) is 15.7. The summed E-state index contributed by atoms with van der Waals surface area (Å²) in [6, 6.07) is 0. The van der Waals surface area contributed by atoms with E-state index in [1.807, 2.05) is 18.2 Å². The van der Waals surface area contributed by atoms with Crippen LogP contribution in [0, 0.1) is 11.8 Å². The van der Waals surface area contributed by atoms with Gasteiger partial charge in [-0.15, -0.1) is 0 Å². The maximum Gasteiger partial charge on any atom is 0.303 e. The Labute approximate surface area is 155 Å². The number of unbranched alkanes of at least 4 members (excludes halogenated alkanes) is 2. The number of aliphatic hydroxyl groups is 2. The minimum absolute atomic E-state index is 0.0136. The largest absolute Gasteiger partial charge is 0.481 e. The zero-order chi connectivity index (χ0) is 19.0. The Kier molecular flexibility index (Phi) is 8.13. The van der Waals surface area contributed by atoms with Gasteiger partial charge in [0.25, 0.3) is 0 Å². The van der Waals surface area contributed by atoms with Gasteiger partial charge in [0.2, 0.25) is 0 Å². The van der Waals surface area contributed by atoms with Crippen LogP contribution in [0.4, 0.5) is 0 Å². The average molecular weight is 367 g/mol. The Bertz CT molecular complexity index is 518. The fourth-order valence-electron chi connectivity index (χ4n) is 3.96. The van der Waals surface area contributed by atoms with Crippen molar-refractivity contribution >= 4 is 5.97 Å². The van der Waals surface area contributed by atoms with Gasteiger partial charge in [-0.2, -0.15) is 0 Å². The van der Waals surface area contributed by atoms with Crippen molar-refractivity contribution in [2.24, 2.45) is 11.8 Å². The summed E-state index contributed by atoms with van der Waals surface area (Å²) in [5.74, 6) is -0.650. The first-order chi connectivity index (χ1) is 12.5. The number of aliphatic carboxylic acids is 1. The lowest BCUT2D eigenvalue weighted by atomic mass is 9.86. The summed E-state index contributed by atoms with van der Waals surface area (Å²) in [4.78, 5) is 15.8. The minimum atomic E-state index is -0.883. The van der Waals surface area contributed by atoms with Crippen LogP contribution < -0.4 is 5.48 Å². The predicted octanol–water partition coefficient (Wildman–Crippen LogP) is 2.91. The summed E-state index contributed by atoms with van der Waals surface area (Å²) in [6.45, 7) is 2.46. The molecule has 0 amide bonds. The normalized spacial score (nSPS) is 29.0. The van der Waals surface area contributed by atoms with E-state index in [1.165, 1.54) is 0 Å². The number of nitrogens with one attached hydrogen (secondary N) is 1. The number of carbonyl (C=O) groups is 1. The molecule has 0 heterocycles. The Balaban J connectivity index is 1.81. The molecule has 1 saturated carbocycles. The third kappa shape index (κ3) is 5.83. The van der Waals surface area contributed by atoms with E-state index in [0.717, 1.165) is 50.6 Å². The SMILES string of the molecule is CCCCCC(O)C=C[C@H]1CC[C@@H]2CC(NOCCCC(=O)O)=C[C@]21O. The Morgan fingerprint density at radius 2 is 2.23 bits per heavy atom. The predicted molar refractivity (Wildman–Crippen MR) is 99.1 cm³/mol. The molecule has 4 atom stereocenters. The Morgan fingerprint density at radius 3 is 2.96 bits per heavy atom. The van der Waals surface area contributed by atoms with Crippen LogP contribution in [0.2, 0.25) is 0 Å². The van der Waals surface area contributed by atoms with Crippen molar-refractivity contribution in [3.63, 3.8) is 0 Å². The number of aliphatic hydroxyl groups excluding tert-OH is 1. The van der Waals surface area contributed by atoms with Gasteiger partial charge in [-0.3, -0.25) is 15.1 Å². The maximum atomic E-state index is 11.1. The van der Waals surface area contributed by atoms with Gasteiger partial charge < -0.3 is 15.3 Å². The number of hydroxylamine groups is 1. The number of carboxylic acids is 1. The van der Waals surface area contributed by atoms with Gasteiger partial charge in [0.05, 0.1) is 18.3 Å². The second kappa shape index (κ2) is 10.1. The molecule has 4 N–H and O–H groups in total. The van der Waals surface area contributed by atoms with Crippen molar-refractivity contribution in [2.45, 2.75) is 76.4 Å². The van der Waals surface area contributed by atoms with E-state index >= 15 is 0 Å². The molecular weight excluding hydrogens is 334 g/mol. The Hall–Kier alpha value is -1.37. The number of allylic oxidation sites excluding steroid dienone is 1. The van der Waals surface area contributed by atoms with Crippen LogP contribution >= 0.6 is 0 Å². The first-order valence-corrected chi connectivity index (χ1v) is 9.85. The lowest BCUT2D eigenvalue weighted by Crippen LogP contribution is -2.33. The van der Waals surface area contributed by atoms with Gasteiger partial charge in [-0.05, 0) is 44.1 Å². The molecule has 2 aliphatic carbocycles. The van der Waals surface area contributed by atoms with Crippen LogP contribution in [-0.4, -0.2) is 39.6 Å². The molecule has 0 saturated heterocycles. The van der Waals surface area contributed by atoms with E-state index < -0.39 is 17.7 Å². The topological polar surface area (TPSA) is 99.0 Å². The molecule has 1 fully saturated rings. The van der Waals surface area contributed by atoms with Crippen molar-refractivity contribution in [2.75, 3.05) is 6.61 Å². The van der Waals surface area contributed by atoms with Crippen molar-refractivity contribution in [1.29, 1.82) is 0 Å². The van der Waals surface area contributed by atoms with Gasteiger partial charge in [0.1, 0.15) is 0 Å². The summed E-state index contributed by atoms with van der Waals surface area (Å²) >= 11 is 0. The molecule has 2 rings (SSSR count). The molecule has 0 aromatic carbocycles. The molecule has 148 valence electrons. The summed E-state index contributed by atoms with van der Waals surface area (Å²) in [7, 11) is 0.